The first-order chi connectivity index (χ1) is 22.9. The number of carbonyl (C=O) groups excluding carboxylic acids is 4. The van der Waals surface area contributed by atoms with Crippen LogP contribution in [0.3, 0.4) is 0 Å². The summed E-state index contributed by atoms with van der Waals surface area (Å²) < 4.78 is 77.6. The molecule has 286 valence electrons. The zero-order valence-electron chi connectivity index (χ0n) is 29.1. The zero-order valence-corrected chi connectivity index (χ0v) is 29.1. The Kier molecular flexibility index (Phi) is 21.6. The molecule has 0 aliphatic heterocycles. The molecule has 5 N–H and O–H groups in total. The number of hydrogen-bond donors (Lipinski definition) is 5. The van der Waals surface area contributed by atoms with E-state index in [0.29, 0.717) is 13.1 Å². The van der Waals surface area contributed by atoms with E-state index in [9.17, 15) is 50.7 Å². The van der Waals surface area contributed by atoms with E-state index in [4.69, 9.17) is 19.7 Å². The predicted molar refractivity (Wildman–Crippen MR) is 166 cm³/mol. The molecule has 3 amide bonds. The van der Waals surface area contributed by atoms with Gasteiger partial charge < -0.3 is 45.3 Å². The smallest absolute Gasteiger partial charge is 0.407 e. The van der Waals surface area contributed by atoms with Gasteiger partial charge in [0, 0.05) is 39.0 Å². The van der Waals surface area contributed by atoms with Crippen LogP contribution in [0.5, 0.6) is 5.75 Å². The maximum absolute atomic E-state index is 12.9. The highest BCUT2D eigenvalue weighted by Gasteiger charge is 2.28. The number of hydrogen-bond acceptors (Lipinski definition) is 10. The Morgan fingerprint density at radius 3 is 1.48 bits per heavy atom. The van der Waals surface area contributed by atoms with Crippen molar-refractivity contribution in [2.24, 2.45) is 0 Å². The van der Waals surface area contributed by atoms with Crippen LogP contribution >= 0.6 is 0 Å². The highest BCUT2D eigenvalue weighted by atomic mass is 19.2. The molecule has 1 rings (SSSR count). The fourth-order valence-corrected chi connectivity index (χ4v) is 2.91. The third kappa shape index (κ3) is 22.0. The summed E-state index contributed by atoms with van der Waals surface area (Å²) >= 11 is 0. The molecule has 20 heteroatoms. The number of alkyl carbamates (subject to hydrolysis) is 2. The standard InChI is InChI=1S/C12H22N2O5.C9H5F5O2.C9H18N2O4/c1-5-9(15)14(8-10(16)17)7-6-13-11(18)19-12(2,3)4;1-2-3(15)16-9-7(13)5(11)4(10)6(12)8(9)14;1-9(2,3)15-8(14)11-5-4-10-6-7(12)13/h5-8H2,1-4H3,(H,13,18)(H,16,17);2H2,1H3;10H,4-6H2,1-3H3,(H,11,14)(H,12,13). The van der Waals surface area contributed by atoms with E-state index in [2.05, 4.69) is 20.7 Å². The summed E-state index contributed by atoms with van der Waals surface area (Å²) in [4.78, 5) is 66.5. The van der Waals surface area contributed by atoms with Crippen LogP contribution in [0.4, 0.5) is 31.5 Å². The summed E-state index contributed by atoms with van der Waals surface area (Å²) in [5, 5.41) is 24.6. The number of carboxylic acid groups (broad SMARTS) is 2. The van der Waals surface area contributed by atoms with Gasteiger partial charge in [-0.25, -0.2) is 22.8 Å². The Labute approximate surface area is 285 Å². The molecule has 0 radical (unpaired) electrons. The Bertz CT molecular complexity index is 1290. The van der Waals surface area contributed by atoms with Gasteiger partial charge in [0.2, 0.25) is 40.7 Å². The van der Waals surface area contributed by atoms with Gasteiger partial charge in [0.05, 0.1) is 6.54 Å². The molecule has 15 nitrogen and oxygen atoms in total. The fraction of sp³-hybridized carbons (Fsp3) is 0.600. The summed E-state index contributed by atoms with van der Waals surface area (Å²) in [5.41, 5.74) is -1.11. The van der Waals surface area contributed by atoms with E-state index in [0.717, 1.165) is 0 Å². The number of amides is 3. The second-order valence-electron chi connectivity index (χ2n) is 11.7. The van der Waals surface area contributed by atoms with Gasteiger partial charge in [-0.05, 0) is 41.5 Å². The molecule has 0 aliphatic carbocycles. The normalized spacial score (nSPS) is 10.7. The van der Waals surface area contributed by atoms with Crippen LogP contribution in [0.2, 0.25) is 0 Å². The topological polar surface area (TPSA) is 210 Å². The maximum atomic E-state index is 12.9. The summed E-state index contributed by atoms with van der Waals surface area (Å²) in [7, 11) is 0. The lowest BCUT2D eigenvalue weighted by Crippen LogP contribution is -2.42. The number of aliphatic carboxylic acids is 2. The van der Waals surface area contributed by atoms with Crippen molar-refractivity contribution in [2.75, 3.05) is 39.3 Å². The largest absolute Gasteiger partial charge is 0.480 e. The minimum Gasteiger partial charge on any atom is -0.480 e. The second kappa shape index (κ2) is 22.8. The van der Waals surface area contributed by atoms with Gasteiger partial charge in [-0.15, -0.1) is 0 Å². The molecule has 0 aromatic heterocycles. The van der Waals surface area contributed by atoms with Crippen LogP contribution in [0, 0.1) is 29.1 Å². The molecule has 0 spiro atoms. The van der Waals surface area contributed by atoms with E-state index in [1.807, 2.05) is 0 Å². The molecule has 50 heavy (non-hydrogen) atoms. The van der Waals surface area contributed by atoms with E-state index in [1.165, 1.54) is 11.8 Å². The molecule has 0 unspecified atom stereocenters. The van der Waals surface area contributed by atoms with Gasteiger partial charge in [0.25, 0.3) is 0 Å². The van der Waals surface area contributed by atoms with Crippen LogP contribution in [0.15, 0.2) is 0 Å². The molecular formula is C30H45F5N4O11. The van der Waals surface area contributed by atoms with Gasteiger partial charge >= 0.3 is 30.1 Å². The second-order valence-corrected chi connectivity index (χ2v) is 11.7. The van der Waals surface area contributed by atoms with E-state index < -0.39 is 76.1 Å². The van der Waals surface area contributed by atoms with Gasteiger partial charge in [0.15, 0.2) is 0 Å². The van der Waals surface area contributed by atoms with Gasteiger partial charge in [0.1, 0.15) is 17.7 Å². The van der Waals surface area contributed by atoms with E-state index in [1.54, 1.807) is 48.5 Å². The first-order valence-electron chi connectivity index (χ1n) is 14.9. The van der Waals surface area contributed by atoms with E-state index in [-0.39, 0.29) is 44.9 Å². The fourth-order valence-electron chi connectivity index (χ4n) is 2.91. The summed E-state index contributed by atoms with van der Waals surface area (Å²) in [5.74, 6) is -15.9. The van der Waals surface area contributed by atoms with Crippen molar-refractivity contribution in [3.63, 3.8) is 0 Å². The minimum absolute atomic E-state index is 0.115. The van der Waals surface area contributed by atoms with Crippen molar-refractivity contribution in [2.45, 2.75) is 79.4 Å². The number of nitrogens with one attached hydrogen (secondary N) is 3. The molecule has 0 atom stereocenters. The van der Waals surface area contributed by atoms with Crippen LogP contribution in [-0.4, -0.2) is 102 Å². The third-order valence-electron chi connectivity index (χ3n) is 4.95. The van der Waals surface area contributed by atoms with Gasteiger partial charge in [-0.3, -0.25) is 19.2 Å². The first-order valence-corrected chi connectivity index (χ1v) is 14.9. The number of ether oxygens (including phenoxy) is 3. The van der Waals surface area contributed by atoms with Crippen molar-refractivity contribution < 1.29 is 75.1 Å². The van der Waals surface area contributed by atoms with Crippen molar-refractivity contribution in [3.05, 3.63) is 29.1 Å². The number of rotatable bonds is 13. The van der Waals surface area contributed by atoms with Crippen LogP contribution in [-0.2, 0) is 28.7 Å². The highest BCUT2D eigenvalue weighted by Crippen LogP contribution is 2.29. The first kappa shape index (κ1) is 47.4. The molecular weight excluding hydrogens is 687 g/mol. The Balaban J connectivity index is 0. The monoisotopic (exact) mass is 732 g/mol. The molecule has 0 heterocycles. The van der Waals surface area contributed by atoms with Crippen molar-refractivity contribution >= 4 is 36.0 Å². The number of benzene rings is 1. The quantitative estimate of drug-likeness (QED) is 0.0491. The van der Waals surface area contributed by atoms with Crippen LogP contribution in [0.25, 0.3) is 0 Å². The van der Waals surface area contributed by atoms with Gasteiger partial charge in [-0.1, -0.05) is 13.8 Å². The number of carboxylic acids is 2. The van der Waals surface area contributed by atoms with Crippen molar-refractivity contribution in [3.8, 4) is 5.75 Å². The molecule has 0 saturated heterocycles. The predicted octanol–water partition coefficient (Wildman–Crippen LogP) is 3.72. The number of esters is 1. The Morgan fingerprint density at radius 2 is 1.10 bits per heavy atom. The average molecular weight is 733 g/mol. The van der Waals surface area contributed by atoms with E-state index >= 15 is 0 Å². The lowest BCUT2D eigenvalue weighted by atomic mass is 10.2. The number of carbonyl (C=O) groups is 6. The average Bonchev–Trinajstić information content (AvgIpc) is 2.98. The molecule has 0 saturated carbocycles. The molecule has 0 bridgehead atoms. The minimum atomic E-state index is -2.30. The molecule has 1 aromatic rings. The van der Waals surface area contributed by atoms with Crippen molar-refractivity contribution in [1.82, 2.24) is 20.9 Å². The SMILES string of the molecule is CC(C)(C)OC(=O)NCCNCC(=O)O.CCC(=O)N(CCNC(=O)OC(C)(C)C)CC(=O)O.CCC(=O)Oc1c(F)c(F)c(F)c(F)c1F. The lowest BCUT2D eigenvalue weighted by Gasteiger charge is -2.22. The number of halogens is 5. The molecule has 1 aromatic carbocycles. The number of nitrogens with zero attached hydrogens (tertiary/aromatic N) is 1. The van der Waals surface area contributed by atoms with Crippen LogP contribution in [0.1, 0.15) is 68.2 Å². The maximum Gasteiger partial charge on any atom is 0.407 e. The summed E-state index contributed by atoms with van der Waals surface area (Å²) in [6.45, 7) is 14.0. The van der Waals surface area contributed by atoms with Gasteiger partial charge in [-0.2, -0.15) is 8.78 Å². The Morgan fingerprint density at radius 1 is 0.660 bits per heavy atom. The summed E-state index contributed by atoms with van der Waals surface area (Å²) in [6.07, 6.45) is -1.13. The third-order valence-corrected chi connectivity index (χ3v) is 4.95. The zero-order chi connectivity index (χ0) is 39.4. The summed E-state index contributed by atoms with van der Waals surface area (Å²) in [6, 6.07) is 0. The lowest BCUT2D eigenvalue weighted by molar-refractivity contribution is -0.144. The Hall–Kier alpha value is -4.75. The van der Waals surface area contributed by atoms with Crippen LogP contribution < -0.4 is 20.7 Å². The molecule has 0 aliphatic rings. The van der Waals surface area contributed by atoms with Crippen molar-refractivity contribution in [1.29, 1.82) is 0 Å². The molecule has 0 fully saturated rings. The highest BCUT2D eigenvalue weighted by molar-refractivity contribution is 5.81.